The molecule has 0 bridgehead atoms. The highest BCUT2D eigenvalue weighted by Crippen LogP contribution is 2.31. The number of rotatable bonds is 7. The second-order valence-corrected chi connectivity index (χ2v) is 8.12. The van der Waals surface area contributed by atoms with E-state index in [9.17, 15) is 18.0 Å². The summed E-state index contributed by atoms with van der Waals surface area (Å²) in [7, 11) is 0. The molecule has 0 atom stereocenters. The lowest BCUT2D eigenvalue weighted by atomic mass is 10.1. The lowest BCUT2D eigenvalue weighted by Crippen LogP contribution is -2.46. The lowest BCUT2D eigenvalue weighted by molar-refractivity contribution is -0.137. The molecule has 0 spiro atoms. The van der Waals surface area contributed by atoms with Gasteiger partial charge in [0.15, 0.2) is 0 Å². The van der Waals surface area contributed by atoms with Crippen molar-refractivity contribution in [2.24, 2.45) is 0 Å². The van der Waals surface area contributed by atoms with Crippen LogP contribution < -0.4 is 10.2 Å². The molecule has 2 aromatic carbocycles. The van der Waals surface area contributed by atoms with E-state index in [-0.39, 0.29) is 5.91 Å². The minimum atomic E-state index is -4.32. The van der Waals surface area contributed by atoms with Crippen LogP contribution in [-0.4, -0.2) is 55.1 Å². The van der Waals surface area contributed by atoms with Gasteiger partial charge in [0.1, 0.15) is 0 Å². The van der Waals surface area contributed by atoms with Crippen LogP contribution in [-0.2, 0) is 6.18 Å². The highest BCUT2D eigenvalue weighted by Gasteiger charge is 2.31. The minimum Gasteiger partial charge on any atom is -0.369 e. The quantitative estimate of drug-likeness (QED) is 0.527. The van der Waals surface area contributed by atoms with Gasteiger partial charge in [-0.1, -0.05) is 6.07 Å². The van der Waals surface area contributed by atoms with Gasteiger partial charge in [0.05, 0.1) is 5.56 Å². The molecule has 1 saturated heterocycles. The fraction of sp³-hybridized carbons (Fsp3) is 0.375. The van der Waals surface area contributed by atoms with Crippen LogP contribution in [0.3, 0.4) is 0 Å². The molecule has 0 saturated carbocycles. The summed E-state index contributed by atoms with van der Waals surface area (Å²) < 4.78 is 38.8. The number of nitrogens with one attached hydrogen (secondary N) is 2. The summed E-state index contributed by atoms with van der Waals surface area (Å²) in [6.45, 7) is 4.59. The van der Waals surface area contributed by atoms with E-state index in [1.807, 2.05) is 35.4 Å². The van der Waals surface area contributed by atoms with Crippen molar-refractivity contribution in [2.45, 2.75) is 19.0 Å². The lowest BCUT2D eigenvalue weighted by Gasteiger charge is -2.36. The van der Waals surface area contributed by atoms with Crippen LogP contribution in [0, 0.1) is 0 Å². The van der Waals surface area contributed by atoms with Crippen LogP contribution in [0.1, 0.15) is 28.8 Å². The van der Waals surface area contributed by atoms with Gasteiger partial charge in [0, 0.05) is 61.1 Å². The molecular formula is C24H27F3N4O. The second kappa shape index (κ2) is 9.65. The monoisotopic (exact) mass is 444 g/mol. The van der Waals surface area contributed by atoms with Gasteiger partial charge in [-0.25, -0.2) is 0 Å². The first-order valence-corrected chi connectivity index (χ1v) is 10.9. The number of H-pyrrole nitrogens is 1. The fourth-order valence-electron chi connectivity index (χ4n) is 4.07. The molecule has 8 heteroatoms. The topological polar surface area (TPSA) is 51.4 Å². The second-order valence-electron chi connectivity index (χ2n) is 8.12. The molecule has 3 aromatic rings. The zero-order chi connectivity index (χ0) is 22.6. The van der Waals surface area contributed by atoms with Crippen molar-refractivity contribution in [3.8, 4) is 0 Å². The molecular weight excluding hydrogens is 417 g/mol. The summed E-state index contributed by atoms with van der Waals surface area (Å²) in [5.41, 5.74) is 1.69. The van der Waals surface area contributed by atoms with E-state index in [0.717, 1.165) is 49.4 Å². The number of hydrogen-bond acceptors (Lipinski definition) is 3. The highest BCUT2D eigenvalue weighted by molar-refractivity contribution is 5.98. The van der Waals surface area contributed by atoms with Crippen LogP contribution in [0.5, 0.6) is 0 Å². The predicted octanol–water partition coefficient (Wildman–Crippen LogP) is 4.52. The van der Waals surface area contributed by atoms with Gasteiger partial charge in [-0.2, -0.15) is 13.2 Å². The first-order chi connectivity index (χ1) is 15.4. The molecule has 5 nitrogen and oxygen atoms in total. The minimum absolute atomic E-state index is 0.0669. The maximum Gasteiger partial charge on any atom is 0.416 e. The van der Waals surface area contributed by atoms with Gasteiger partial charge in [0.2, 0.25) is 0 Å². The molecule has 2 heterocycles. The van der Waals surface area contributed by atoms with Crippen molar-refractivity contribution in [1.82, 2.24) is 15.2 Å². The van der Waals surface area contributed by atoms with Crippen molar-refractivity contribution < 1.29 is 18.0 Å². The molecule has 0 aliphatic carbocycles. The summed E-state index contributed by atoms with van der Waals surface area (Å²) in [5, 5.41) is 3.99. The van der Waals surface area contributed by atoms with E-state index >= 15 is 0 Å². The predicted molar refractivity (Wildman–Crippen MR) is 120 cm³/mol. The number of aromatic nitrogens is 1. The number of amides is 1. The average Bonchev–Trinajstić information content (AvgIpc) is 3.26. The van der Waals surface area contributed by atoms with E-state index in [1.54, 1.807) is 6.07 Å². The number of unbranched alkanes of at least 4 members (excludes halogenated alkanes) is 1. The Morgan fingerprint density at radius 3 is 2.59 bits per heavy atom. The van der Waals surface area contributed by atoms with Crippen LogP contribution in [0.2, 0.25) is 0 Å². The largest absolute Gasteiger partial charge is 0.416 e. The van der Waals surface area contributed by atoms with Gasteiger partial charge in [-0.05, 0) is 61.9 Å². The number of nitrogens with zero attached hydrogens (tertiary/aromatic N) is 2. The molecule has 1 amide bonds. The molecule has 0 unspecified atom stereocenters. The fourth-order valence-corrected chi connectivity index (χ4v) is 4.07. The normalized spacial score (nSPS) is 15.3. The number of aromatic amines is 1. The molecule has 170 valence electrons. The van der Waals surface area contributed by atoms with E-state index in [4.69, 9.17) is 0 Å². The molecule has 1 fully saturated rings. The Hall–Kier alpha value is -3.00. The Labute approximate surface area is 185 Å². The number of carbonyl (C=O) groups is 1. The summed E-state index contributed by atoms with van der Waals surface area (Å²) in [5.74, 6) is -0.0669. The SMILES string of the molecule is O=C(NCCCCN1CCN(c2cccc(C(F)(F)F)c2)CC1)c1ccc2[nH]ccc2c1. The molecule has 2 N–H and O–H groups in total. The van der Waals surface area contributed by atoms with Gasteiger partial charge in [-0.3, -0.25) is 9.69 Å². The van der Waals surface area contributed by atoms with Crippen LogP contribution in [0.4, 0.5) is 18.9 Å². The molecule has 1 aromatic heterocycles. The van der Waals surface area contributed by atoms with Crippen LogP contribution >= 0.6 is 0 Å². The molecule has 1 aliphatic heterocycles. The molecule has 0 radical (unpaired) electrons. The van der Waals surface area contributed by atoms with Gasteiger partial charge >= 0.3 is 6.18 Å². The number of halogens is 3. The van der Waals surface area contributed by atoms with E-state index in [0.29, 0.717) is 30.9 Å². The number of piperazine rings is 1. The third-order valence-corrected chi connectivity index (χ3v) is 5.91. The van der Waals surface area contributed by atoms with Crippen molar-refractivity contribution in [2.75, 3.05) is 44.2 Å². The third-order valence-electron chi connectivity index (χ3n) is 5.91. The molecule has 4 rings (SSSR count). The summed E-state index contributed by atoms with van der Waals surface area (Å²) >= 11 is 0. The van der Waals surface area contributed by atoms with Gasteiger partial charge in [0.25, 0.3) is 5.91 Å². The molecule has 32 heavy (non-hydrogen) atoms. The van der Waals surface area contributed by atoms with E-state index < -0.39 is 11.7 Å². The average molecular weight is 445 g/mol. The van der Waals surface area contributed by atoms with Crippen molar-refractivity contribution in [1.29, 1.82) is 0 Å². The van der Waals surface area contributed by atoms with Gasteiger partial charge < -0.3 is 15.2 Å². The first kappa shape index (κ1) is 22.2. The smallest absolute Gasteiger partial charge is 0.369 e. The van der Waals surface area contributed by atoms with Gasteiger partial charge in [-0.15, -0.1) is 0 Å². The first-order valence-electron chi connectivity index (χ1n) is 10.9. The molecule has 1 aliphatic rings. The van der Waals surface area contributed by atoms with E-state index in [2.05, 4.69) is 15.2 Å². The zero-order valence-electron chi connectivity index (χ0n) is 17.8. The number of carbonyl (C=O) groups excluding carboxylic acids is 1. The maximum atomic E-state index is 12.9. The number of fused-ring (bicyclic) bond motifs is 1. The Morgan fingerprint density at radius 1 is 1.00 bits per heavy atom. The number of hydrogen-bond donors (Lipinski definition) is 2. The van der Waals surface area contributed by atoms with Crippen LogP contribution in [0.25, 0.3) is 10.9 Å². The number of alkyl halides is 3. The maximum absolute atomic E-state index is 12.9. The van der Waals surface area contributed by atoms with Crippen molar-refractivity contribution in [3.05, 3.63) is 65.9 Å². The summed E-state index contributed by atoms with van der Waals surface area (Å²) in [4.78, 5) is 19.8. The van der Waals surface area contributed by atoms with Crippen LogP contribution in [0.15, 0.2) is 54.7 Å². The Balaban J connectivity index is 1.15. The summed E-state index contributed by atoms with van der Waals surface area (Å²) in [6.07, 6.45) is -0.625. The van der Waals surface area contributed by atoms with Crippen molar-refractivity contribution in [3.63, 3.8) is 0 Å². The Morgan fingerprint density at radius 2 is 1.81 bits per heavy atom. The van der Waals surface area contributed by atoms with Crippen molar-refractivity contribution >= 4 is 22.5 Å². The highest BCUT2D eigenvalue weighted by atomic mass is 19.4. The Bertz CT molecular complexity index is 1050. The third kappa shape index (κ3) is 5.43. The zero-order valence-corrected chi connectivity index (χ0v) is 17.8. The standard InChI is InChI=1S/C24H27F3N4O/c25-24(26,27)20-4-3-5-21(17-20)31-14-12-30(13-15-31)11-2-1-9-29-23(32)19-6-7-22-18(16-19)8-10-28-22/h3-8,10,16-17,28H,1-2,9,11-15H2,(H,29,32). The van der Waals surface area contributed by atoms with E-state index in [1.165, 1.54) is 12.1 Å². The summed E-state index contributed by atoms with van der Waals surface area (Å²) in [6, 6.07) is 13.1. The number of anilines is 1. The Kier molecular flexibility index (Phi) is 6.69. The number of benzene rings is 2.